The lowest BCUT2D eigenvalue weighted by atomic mass is 9.95. The van der Waals surface area contributed by atoms with Crippen LogP contribution in [0.4, 0.5) is 4.39 Å². The summed E-state index contributed by atoms with van der Waals surface area (Å²) < 4.78 is 15.0. The summed E-state index contributed by atoms with van der Waals surface area (Å²) in [6.07, 6.45) is 1.58. The molecule has 23 heavy (non-hydrogen) atoms. The summed E-state index contributed by atoms with van der Waals surface area (Å²) in [5.74, 6) is -1.17. The van der Waals surface area contributed by atoms with Gasteiger partial charge >= 0.3 is 5.97 Å². The van der Waals surface area contributed by atoms with Crippen LogP contribution in [0.15, 0.2) is 30.3 Å². The Hall–Kier alpha value is -2.47. The third kappa shape index (κ3) is 2.17. The first kappa shape index (κ1) is 14.1. The molecule has 4 nitrogen and oxygen atoms in total. The number of hydrogen-bond donors (Lipinski definition) is 1. The number of carboxylic acid groups (broad SMARTS) is 1. The highest BCUT2D eigenvalue weighted by atomic mass is 32.1. The van der Waals surface area contributed by atoms with Crippen LogP contribution in [0.1, 0.15) is 26.6 Å². The van der Waals surface area contributed by atoms with Gasteiger partial charge in [0.05, 0.1) is 17.1 Å². The minimum absolute atomic E-state index is 0.280. The van der Waals surface area contributed by atoms with Crippen LogP contribution in [-0.4, -0.2) is 20.9 Å². The van der Waals surface area contributed by atoms with Gasteiger partial charge in [-0.2, -0.15) is 5.10 Å². The van der Waals surface area contributed by atoms with Crippen molar-refractivity contribution in [3.63, 3.8) is 0 Å². The molecular formula is C17H13FN2O2S. The first-order valence-electron chi connectivity index (χ1n) is 7.25. The Bertz CT molecular complexity index is 925. The van der Waals surface area contributed by atoms with E-state index in [0.29, 0.717) is 4.88 Å². The number of aromatic nitrogens is 2. The molecule has 4 rings (SSSR count). The number of carboxylic acids is 1. The molecule has 2 aromatic heterocycles. The maximum absolute atomic E-state index is 13.1. The Balaban J connectivity index is 1.89. The van der Waals surface area contributed by atoms with E-state index >= 15 is 0 Å². The van der Waals surface area contributed by atoms with Crippen LogP contribution < -0.4 is 0 Å². The van der Waals surface area contributed by atoms with Gasteiger partial charge in [0, 0.05) is 10.4 Å². The molecule has 3 aromatic rings. The van der Waals surface area contributed by atoms with Crippen molar-refractivity contribution in [1.29, 1.82) is 0 Å². The number of halogens is 1. The van der Waals surface area contributed by atoms with Crippen molar-refractivity contribution in [2.45, 2.75) is 19.8 Å². The van der Waals surface area contributed by atoms with Gasteiger partial charge in [-0.1, -0.05) is 0 Å². The van der Waals surface area contributed by atoms with E-state index in [1.807, 2.05) is 11.6 Å². The van der Waals surface area contributed by atoms with E-state index in [9.17, 15) is 14.3 Å². The third-order valence-corrected chi connectivity index (χ3v) is 5.29. The zero-order valence-electron chi connectivity index (χ0n) is 12.3. The van der Waals surface area contributed by atoms with E-state index < -0.39 is 5.97 Å². The van der Waals surface area contributed by atoms with Crippen molar-refractivity contribution in [1.82, 2.24) is 9.78 Å². The molecule has 0 spiro atoms. The van der Waals surface area contributed by atoms with Crippen molar-refractivity contribution in [3.8, 4) is 16.1 Å². The number of carbonyl (C=O) groups is 1. The van der Waals surface area contributed by atoms with E-state index in [0.717, 1.165) is 45.9 Å². The van der Waals surface area contributed by atoms with Crippen LogP contribution in [0.3, 0.4) is 0 Å². The Morgan fingerprint density at radius 2 is 2.04 bits per heavy atom. The highest BCUT2D eigenvalue weighted by Crippen LogP contribution is 2.42. The lowest BCUT2D eigenvalue weighted by molar-refractivity contribution is 0.0702. The standard InChI is InChI=1S/C17H13FN2O2S/c1-9-15-13(20(19-9)12-5-3-11(18)4-6-12)7-2-10-8-14(17(21)22)23-16(10)15/h3-6,8H,2,7H2,1H3,(H,21,22). The summed E-state index contributed by atoms with van der Waals surface area (Å²) >= 11 is 1.30. The first-order valence-corrected chi connectivity index (χ1v) is 8.07. The minimum Gasteiger partial charge on any atom is -0.477 e. The Morgan fingerprint density at radius 1 is 1.30 bits per heavy atom. The molecular weight excluding hydrogens is 315 g/mol. The number of benzene rings is 1. The topological polar surface area (TPSA) is 55.1 Å². The predicted molar refractivity (Wildman–Crippen MR) is 85.9 cm³/mol. The second kappa shape index (κ2) is 5.03. The van der Waals surface area contributed by atoms with Gasteiger partial charge in [-0.05, 0) is 55.7 Å². The number of hydrogen-bond acceptors (Lipinski definition) is 3. The molecule has 0 saturated heterocycles. The van der Waals surface area contributed by atoms with E-state index in [-0.39, 0.29) is 5.82 Å². The van der Waals surface area contributed by atoms with E-state index in [2.05, 4.69) is 5.10 Å². The van der Waals surface area contributed by atoms with Crippen molar-refractivity contribution in [2.24, 2.45) is 0 Å². The first-order chi connectivity index (χ1) is 11.0. The van der Waals surface area contributed by atoms with Gasteiger partial charge < -0.3 is 5.11 Å². The monoisotopic (exact) mass is 328 g/mol. The van der Waals surface area contributed by atoms with Crippen molar-refractivity contribution >= 4 is 17.3 Å². The van der Waals surface area contributed by atoms with Gasteiger partial charge in [-0.15, -0.1) is 11.3 Å². The van der Waals surface area contributed by atoms with Crippen LogP contribution in [0.5, 0.6) is 0 Å². The molecule has 0 unspecified atom stereocenters. The van der Waals surface area contributed by atoms with Crippen LogP contribution >= 0.6 is 11.3 Å². The number of aryl methyl sites for hydroxylation is 2. The zero-order chi connectivity index (χ0) is 16.1. The summed E-state index contributed by atoms with van der Waals surface area (Å²) in [5.41, 5.74) is 4.83. The van der Waals surface area contributed by atoms with Crippen LogP contribution in [0, 0.1) is 12.7 Å². The highest BCUT2D eigenvalue weighted by Gasteiger charge is 2.27. The molecule has 0 bridgehead atoms. The van der Waals surface area contributed by atoms with Gasteiger partial charge in [0.15, 0.2) is 0 Å². The zero-order valence-corrected chi connectivity index (χ0v) is 13.2. The molecule has 0 amide bonds. The van der Waals surface area contributed by atoms with Crippen LogP contribution in [-0.2, 0) is 12.8 Å². The minimum atomic E-state index is -0.894. The summed E-state index contributed by atoms with van der Waals surface area (Å²) in [7, 11) is 0. The number of aromatic carboxylic acids is 1. The number of rotatable bonds is 2. The van der Waals surface area contributed by atoms with Crippen LogP contribution in [0.2, 0.25) is 0 Å². The maximum atomic E-state index is 13.1. The molecule has 6 heteroatoms. The van der Waals surface area contributed by atoms with E-state index in [4.69, 9.17) is 0 Å². The molecule has 0 atom stereocenters. The fourth-order valence-electron chi connectivity index (χ4n) is 3.08. The molecule has 116 valence electrons. The quantitative estimate of drug-likeness (QED) is 0.777. The smallest absolute Gasteiger partial charge is 0.345 e. The fraction of sp³-hybridized carbons (Fsp3) is 0.176. The molecule has 0 aliphatic heterocycles. The SMILES string of the molecule is Cc1nn(-c2ccc(F)cc2)c2c1-c1sc(C(=O)O)cc1CC2. The van der Waals surface area contributed by atoms with Crippen LogP contribution in [0.25, 0.3) is 16.1 Å². The Kier molecular flexibility index (Phi) is 3.09. The van der Waals surface area contributed by atoms with Gasteiger partial charge in [0.25, 0.3) is 0 Å². The van der Waals surface area contributed by atoms with Gasteiger partial charge in [-0.25, -0.2) is 13.9 Å². The summed E-state index contributed by atoms with van der Waals surface area (Å²) in [6.45, 7) is 1.92. The lowest BCUT2D eigenvalue weighted by Gasteiger charge is -2.14. The summed E-state index contributed by atoms with van der Waals surface area (Å²) in [4.78, 5) is 12.6. The summed E-state index contributed by atoms with van der Waals surface area (Å²) in [6, 6.07) is 8.00. The predicted octanol–water partition coefficient (Wildman–Crippen LogP) is 3.85. The molecule has 0 saturated carbocycles. The average molecular weight is 328 g/mol. The van der Waals surface area contributed by atoms with Crippen molar-refractivity contribution < 1.29 is 14.3 Å². The van der Waals surface area contributed by atoms with Crippen molar-refractivity contribution in [3.05, 3.63) is 58.0 Å². The average Bonchev–Trinajstić information content (AvgIpc) is 3.09. The summed E-state index contributed by atoms with van der Waals surface area (Å²) in [5, 5.41) is 13.8. The van der Waals surface area contributed by atoms with Crippen molar-refractivity contribution in [2.75, 3.05) is 0 Å². The van der Waals surface area contributed by atoms with E-state index in [1.54, 1.807) is 18.2 Å². The lowest BCUT2D eigenvalue weighted by Crippen LogP contribution is -2.07. The molecule has 1 aromatic carbocycles. The Morgan fingerprint density at radius 3 is 2.74 bits per heavy atom. The largest absolute Gasteiger partial charge is 0.477 e. The van der Waals surface area contributed by atoms with Gasteiger partial charge in [0.1, 0.15) is 10.7 Å². The number of thiophene rings is 1. The molecule has 1 aliphatic rings. The fourth-order valence-corrected chi connectivity index (χ4v) is 4.25. The van der Waals surface area contributed by atoms with Gasteiger partial charge in [0.2, 0.25) is 0 Å². The molecule has 0 radical (unpaired) electrons. The molecule has 1 aliphatic carbocycles. The Labute approximate surface area is 135 Å². The third-order valence-electron chi connectivity index (χ3n) is 4.11. The molecule has 1 N–H and O–H groups in total. The number of fused-ring (bicyclic) bond motifs is 3. The number of nitrogens with zero attached hydrogens (tertiary/aromatic N) is 2. The highest BCUT2D eigenvalue weighted by molar-refractivity contribution is 7.17. The normalized spacial score (nSPS) is 12.8. The van der Waals surface area contributed by atoms with E-state index in [1.165, 1.54) is 23.5 Å². The molecule has 0 fully saturated rings. The molecule has 2 heterocycles. The second-order valence-corrected chi connectivity index (χ2v) is 6.62. The maximum Gasteiger partial charge on any atom is 0.345 e. The van der Waals surface area contributed by atoms with Gasteiger partial charge in [-0.3, -0.25) is 0 Å². The second-order valence-electron chi connectivity index (χ2n) is 5.57.